The van der Waals surface area contributed by atoms with Crippen LogP contribution >= 0.6 is 0 Å². The molecular formula is C21H28N2O3. The summed E-state index contributed by atoms with van der Waals surface area (Å²) in [6.07, 6.45) is 7.09. The van der Waals surface area contributed by atoms with Gasteiger partial charge in [-0.1, -0.05) is 25.5 Å². The standard InChI is InChI=1S/C21H28N2O3/c1-4-19(24)22-16-10-8-9-15(13-16)20(25)23(3)17-14-18(26-5-2)21(17)11-6-7-12-21/h4,8-10,13,17-18H,1,5-7,11-12,14H2,2-3H3,(H,22,24)/t17-,18+/m0/s1. The van der Waals surface area contributed by atoms with Crippen molar-refractivity contribution in [2.45, 2.75) is 51.2 Å². The maximum Gasteiger partial charge on any atom is 0.253 e. The van der Waals surface area contributed by atoms with Crippen molar-refractivity contribution in [3.63, 3.8) is 0 Å². The highest BCUT2D eigenvalue weighted by molar-refractivity contribution is 6.00. The first-order chi connectivity index (χ1) is 12.5. The monoisotopic (exact) mass is 356 g/mol. The molecule has 0 heterocycles. The molecular weight excluding hydrogens is 328 g/mol. The van der Waals surface area contributed by atoms with Crippen LogP contribution in [0.15, 0.2) is 36.9 Å². The van der Waals surface area contributed by atoms with Gasteiger partial charge in [0.2, 0.25) is 5.91 Å². The lowest BCUT2D eigenvalue weighted by Gasteiger charge is -2.57. The highest BCUT2D eigenvalue weighted by atomic mass is 16.5. The number of nitrogens with one attached hydrogen (secondary N) is 1. The Morgan fingerprint density at radius 3 is 2.77 bits per heavy atom. The molecule has 2 atom stereocenters. The van der Waals surface area contributed by atoms with Crippen LogP contribution in [0.2, 0.25) is 0 Å². The molecule has 3 rings (SSSR count). The van der Waals surface area contributed by atoms with Crippen molar-refractivity contribution < 1.29 is 14.3 Å². The second-order valence-electron chi connectivity index (χ2n) is 7.33. The van der Waals surface area contributed by atoms with Crippen LogP contribution in [-0.2, 0) is 9.53 Å². The fraction of sp³-hybridized carbons (Fsp3) is 0.524. The SMILES string of the molecule is C=CC(=O)Nc1cccc(C(=O)N(C)[C@H]2C[C@@H](OCC)C23CCCC3)c1. The van der Waals surface area contributed by atoms with E-state index in [0.717, 1.165) is 25.9 Å². The van der Waals surface area contributed by atoms with Gasteiger partial charge in [0.25, 0.3) is 5.91 Å². The van der Waals surface area contributed by atoms with E-state index in [1.807, 2.05) is 18.9 Å². The first-order valence-electron chi connectivity index (χ1n) is 9.44. The largest absolute Gasteiger partial charge is 0.378 e. The number of hydrogen-bond donors (Lipinski definition) is 1. The molecule has 0 radical (unpaired) electrons. The van der Waals surface area contributed by atoms with E-state index >= 15 is 0 Å². The third-order valence-electron chi connectivity index (χ3n) is 5.99. The summed E-state index contributed by atoms with van der Waals surface area (Å²) in [6.45, 7) is 6.21. The smallest absolute Gasteiger partial charge is 0.253 e. The first kappa shape index (κ1) is 18.6. The number of ether oxygens (including phenoxy) is 1. The lowest BCUT2D eigenvalue weighted by Crippen LogP contribution is -2.64. The van der Waals surface area contributed by atoms with Gasteiger partial charge in [0.15, 0.2) is 0 Å². The molecule has 2 aliphatic rings. The fourth-order valence-electron chi connectivity index (χ4n) is 4.66. The van der Waals surface area contributed by atoms with Crippen LogP contribution in [0.3, 0.4) is 0 Å². The van der Waals surface area contributed by atoms with Crippen molar-refractivity contribution in [2.75, 3.05) is 19.0 Å². The second kappa shape index (κ2) is 7.62. The molecule has 2 fully saturated rings. The van der Waals surface area contributed by atoms with Crippen LogP contribution in [0.25, 0.3) is 0 Å². The number of carbonyl (C=O) groups is 2. The van der Waals surface area contributed by atoms with E-state index in [2.05, 4.69) is 11.9 Å². The number of anilines is 1. The van der Waals surface area contributed by atoms with E-state index in [9.17, 15) is 9.59 Å². The molecule has 0 aromatic heterocycles. The molecule has 0 aliphatic heterocycles. The molecule has 2 aliphatic carbocycles. The van der Waals surface area contributed by atoms with Crippen molar-refractivity contribution in [1.82, 2.24) is 4.90 Å². The van der Waals surface area contributed by atoms with E-state index < -0.39 is 0 Å². The predicted molar refractivity (Wildman–Crippen MR) is 102 cm³/mol. The van der Waals surface area contributed by atoms with Gasteiger partial charge in [0.05, 0.1) is 6.10 Å². The third-order valence-corrected chi connectivity index (χ3v) is 5.99. The van der Waals surface area contributed by atoms with Crippen molar-refractivity contribution in [3.05, 3.63) is 42.5 Å². The molecule has 1 aromatic rings. The van der Waals surface area contributed by atoms with Gasteiger partial charge in [0, 0.05) is 36.4 Å². The minimum atomic E-state index is -0.286. The summed E-state index contributed by atoms with van der Waals surface area (Å²) >= 11 is 0. The van der Waals surface area contributed by atoms with Gasteiger partial charge in [-0.25, -0.2) is 0 Å². The van der Waals surface area contributed by atoms with E-state index in [4.69, 9.17) is 4.74 Å². The topological polar surface area (TPSA) is 58.6 Å². The Morgan fingerprint density at radius 2 is 2.12 bits per heavy atom. The van der Waals surface area contributed by atoms with Crippen LogP contribution in [0, 0.1) is 5.41 Å². The Morgan fingerprint density at radius 1 is 1.38 bits per heavy atom. The Bertz CT molecular complexity index is 694. The summed E-state index contributed by atoms with van der Waals surface area (Å²) in [5, 5.41) is 2.71. The van der Waals surface area contributed by atoms with E-state index in [1.54, 1.807) is 24.3 Å². The zero-order valence-corrected chi connectivity index (χ0v) is 15.7. The average Bonchev–Trinajstić information content (AvgIpc) is 3.16. The molecule has 26 heavy (non-hydrogen) atoms. The van der Waals surface area contributed by atoms with Gasteiger partial charge in [-0.05, 0) is 50.5 Å². The molecule has 2 amide bonds. The number of rotatable bonds is 6. The Kier molecular flexibility index (Phi) is 5.47. The van der Waals surface area contributed by atoms with Crippen LogP contribution in [0.1, 0.15) is 49.4 Å². The van der Waals surface area contributed by atoms with E-state index in [1.165, 1.54) is 18.9 Å². The average molecular weight is 356 g/mol. The highest BCUT2D eigenvalue weighted by Gasteiger charge is 2.58. The van der Waals surface area contributed by atoms with Gasteiger partial charge in [-0.15, -0.1) is 0 Å². The summed E-state index contributed by atoms with van der Waals surface area (Å²) in [5.41, 5.74) is 1.31. The quantitative estimate of drug-likeness (QED) is 0.792. The molecule has 2 saturated carbocycles. The Hall–Kier alpha value is -2.14. The van der Waals surface area contributed by atoms with Crippen LogP contribution in [0.4, 0.5) is 5.69 Å². The first-order valence-corrected chi connectivity index (χ1v) is 9.44. The molecule has 1 N–H and O–H groups in total. The van der Waals surface area contributed by atoms with Crippen molar-refractivity contribution >= 4 is 17.5 Å². The molecule has 0 unspecified atom stereocenters. The number of amides is 2. The number of benzene rings is 1. The molecule has 0 saturated heterocycles. The van der Waals surface area contributed by atoms with E-state index in [-0.39, 0.29) is 29.4 Å². The Labute approximate surface area is 155 Å². The molecule has 1 spiro atoms. The van der Waals surface area contributed by atoms with Crippen LogP contribution in [-0.4, -0.2) is 42.5 Å². The molecule has 0 bridgehead atoms. The zero-order valence-electron chi connectivity index (χ0n) is 15.7. The number of carbonyl (C=O) groups excluding carboxylic acids is 2. The lowest BCUT2D eigenvalue weighted by molar-refractivity contribution is -0.152. The maximum absolute atomic E-state index is 13.0. The van der Waals surface area contributed by atoms with Gasteiger partial charge >= 0.3 is 0 Å². The van der Waals surface area contributed by atoms with Crippen molar-refractivity contribution in [1.29, 1.82) is 0 Å². The summed E-state index contributed by atoms with van der Waals surface area (Å²) < 4.78 is 5.96. The summed E-state index contributed by atoms with van der Waals surface area (Å²) in [4.78, 5) is 26.4. The number of nitrogens with zero attached hydrogens (tertiary/aromatic N) is 1. The molecule has 1 aromatic carbocycles. The summed E-state index contributed by atoms with van der Waals surface area (Å²) in [6, 6.07) is 7.29. The zero-order chi connectivity index (χ0) is 18.7. The predicted octanol–water partition coefficient (Wildman–Crippen LogP) is 3.62. The number of hydrogen-bond acceptors (Lipinski definition) is 3. The van der Waals surface area contributed by atoms with E-state index in [0.29, 0.717) is 11.3 Å². The summed E-state index contributed by atoms with van der Waals surface area (Å²) in [7, 11) is 1.89. The van der Waals surface area contributed by atoms with Crippen molar-refractivity contribution in [2.24, 2.45) is 5.41 Å². The van der Waals surface area contributed by atoms with Gasteiger partial charge in [-0.3, -0.25) is 9.59 Å². The lowest BCUT2D eigenvalue weighted by atomic mass is 9.60. The minimum Gasteiger partial charge on any atom is -0.378 e. The summed E-state index contributed by atoms with van der Waals surface area (Å²) in [5.74, 6) is -0.294. The molecule has 5 heteroatoms. The third kappa shape index (κ3) is 3.28. The second-order valence-corrected chi connectivity index (χ2v) is 7.33. The van der Waals surface area contributed by atoms with Crippen molar-refractivity contribution in [3.8, 4) is 0 Å². The minimum absolute atomic E-state index is 0.00840. The normalized spacial score (nSPS) is 23.3. The maximum atomic E-state index is 13.0. The Balaban J connectivity index is 1.75. The van der Waals surface area contributed by atoms with Crippen LogP contribution in [0.5, 0.6) is 0 Å². The highest BCUT2D eigenvalue weighted by Crippen LogP contribution is 2.56. The fourth-order valence-corrected chi connectivity index (χ4v) is 4.66. The van der Waals surface area contributed by atoms with Gasteiger partial charge in [0.1, 0.15) is 0 Å². The van der Waals surface area contributed by atoms with Crippen LogP contribution < -0.4 is 5.32 Å². The molecule has 5 nitrogen and oxygen atoms in total. The van der Waals surface area contributed by atoms with Gasteiger partial charge in [-0.2, -0.15) is 0 Å². The van der Waals surface area contributed by atoms with Gasteiger partial charge < -0.3 is 15.0 Å². The molecule has 140 valence electrons.